The van der Waals surface area contributed by atoms with E-state index in [-0.39, 0.29) is 28.4 Å². The first-order chi connectivity index (χ1) is 9.15. The zero-order valence-electron chi connectivity index (χ0n) is 11.3. The number of para-hydroxylation sites is 1. The third-order valence-corrected chi connectivity index (χ3v) is 4.67. The van der Waals surface area contributed by atoms with Crippen molar-refractivity contribution in [3.8, 4) is 0 Å². The number of carbonyl (C=O) groups is 1. The van der Waals surface area contributed by atoms with Crippen LogP contribution < -0.4 is 11.1 Å². The van der Waals surface area contributed by atoms with Gasteiger partial charge in [0.2, 0.25) is 5.79 Å². The Morgan fingerprint density at radius 1 is 1.35 bits per heavy atom. The van der Waals surface area contributed by atoms with Crippen LogP contribution in [-0.4, -0.2) is 36.1 Å². The minimum absolute atomic E-state index is 0.0189. The van der Waals surface area contributed by atoms with Crippen LogP contribution in [0.1, 0.15) is 20.3 Å². The van der Waals surface area contributed by atoms with Gasteiger partial charge >= 0.3 is 0 Å². The van der Waals surface area contributed by atoms with Gasteiger partial charge in [-0.1, -0.05) is 19.9 Å². The molecule has 7 nitrogen and oxygen atoms in total. The summed E-state index contributed by atoms with van der Waals surface area (Å²) in [5.74, 6) is -3.74. The Bertz CT molecular complexity index is 610. The van der Waals surface area contributed by atoms with E-state index < -0.39 is 21.5 Å². The van der Waals surface area contributed by atoms with E-state index in [9.17, 15) is 23.4 Å². The van der Waals surface area contributed by atoms with Gasteiger partial charge in [-0.05, 0) is 12.1 Å². The number of hydrogen-bond donors (Lipinski definition) is 4. The van der Waals surface area contributed by atoms with Crippen LogP contribution in [0.5, 0.6) is 0 Å². The van der Waals surface area contributed by atoms with Crippen LogP contribution in [0.2, 0.25) is 0 Å². The fraction of sp³-hybridized carbons (Fsp3) is 0.417. The number of hydrogen-bond acceptors (Lipinski definition) is 6. The summed E-state index contributed by atoms with van der Waals surface area (Å²) in [6.07, 6.45) is -0.217. The number of aliphatic hydroxyl groups is 2. The molecule has 0 unspecified atom stereocenters. The van der Waals surface area contributed by atoms with E-state index >= 15 is 0 Å². The molecule has 0 saturated carbocycles. The van der Waals surface area contributed by atoms with Crippen molar-refractivity contribution in [3.63, 3.8) is 0 Å². The molecule has 0 atom stereocenters. The highest BCUT2D eigenvalue weighted by Crippen LogP contribution is 2.28. The largest absolute Gasteiger partial charge is 0.396 e. The lowest BCUT2D eigenvalue weighted by atomic mass is 10.2. The summed E-state index contributed by atoms with van der Waals surface area (Å²) in [5, 5.41) is 21.0. The molecule has 0 aliphatic rings. The Hall–Kier alpha value is -1.64. The molecule has 8 heteroatoms. The highest BCUT2D eigenvalue weighted by Gasteiger charge is 2.31. The minimum Gasteiger partial charge on any atom is -0.396 e. The second-order valence-corrected chi connectivity index (χ2v) is 6.49. The Labute approximate surface area is 117 Å². The number of benzene rings is 1. The third kappa shape index (κ3) is 3.27. The fourth-order valence-electron chi connectivity index (χ4n) is 1.46. The Morgan fingerprint density at radius 3 is 2.45 bits per heavy atom. The van der Waals surface area contributed by atoms with Crippen molar-refractivity contribution < 1.29 is 23.4 Å². The van der Waals surface area contributed by atoms with Crippen LogP contribution in [0.25, 0.3) is 0 Å². The number of sulfone groups is 1. The van der Waals surface area contributed by atoms with Gasteiger partial charge in [0.25, 0.3) is 5.91 Å². The number of carbonyl (C=O) groups excluding carboxylic acids is 1. The van der Waals surface area contributed by atoms with Crippen molar-refractivity contribution in [1.82, 2.24) is 0 Å². The maximum atomic E-state index is 11.8. The molecule has 1 amide bonds. The third-order valence-electron chi connectivity index (χ3n) is 2.89. The van der Waals surface area contributed by atoms with Crippen molar-refractivity contribution in [2.75, 3.05) is 16.8 Å². The summed E-state index contributed by atoms with van der Waals surface area (Å²) in [7, 11) is -3.53. The molecule has 1 aromatic carbocycles. The zero-order valence-corrected chi connectivity index (χ0v) is 12.1. The number of rotatable bonds is 5. The van der Waals surface area contributed by atoms with E-state index in [1.54, 1.807) is 0 Å². The monoisotopic (exact) mass is 302 g/mol. The summed E-state index contributed by atoms with van der Waals surface area (Å²) in [4.78, 5) is 11.5. The van der Waals surface area contributed by atoms with E-state index in [1.165, 1.54) is 32.0 Å². The lowest BCUT2D eigenvalue weighted by Crippen LogP contribution is -2.42. The molecule has 20 heavy (non-hydrogen) atoms. The van der Waals surface area contributed by atoms with Crippen LogP contribution in [0.4, 0.5) is 11.4 Å². The summed E-state index contributed by atoms with van der Waals surface area (Å²) in [6.45, 7) is 2.89. The molecule has 0 aromatic heterocycles. The van der Waals surface area contributed by atoms with Crippen LogP contribution in [-0.2, 0) is 14.6 Å². The molecule has 0 aliphatic carbocycles. The van der Waals surface area contributed by atoms with Gasteiger partial charge in [0.1, 0.15) is 0 Å². The van der Waals surface area contributed by atoms with E-state index in [2.05, 4.69) is 5.32 Å². The molecule has 1 aromatic rings. The molecule has 1 rings (SSSR count). The van der Waals surface area contributed by atoms with Gasteiger partial charge in [0, 0.05) is 6.42 Å². The second-order valence-electron chi connectivity index (χ2n) is 4.25. The quantitative estimate of drug-likeness (QED) is 0.450. The number of nitrogen functional groups attached to an aromatic ring is 1. The molecule has 0 heterocycles. The van der Waals surface area contributed by atoms with Gasteiger partial charge < -0.3 is 21.3 Å². The first kappa shape index (κ1) is 16.4. The average Bonchev–Trinajstić information content (AvgIpc) is 2.40. The van der Waals surface area contributed by atoms with Crippen LogP contribution in [0, 0.1) is 0 Å². The van der Waals surface area contributed by atoms with E-state index in [0.717, 1.165) is 0 Å². The van der Waals surface area contributed by atoms with Crippen molar-refractivity contribution in [3.05, 3.63) is 18.2 Å². The lowest BCUT2D eigenvalue weighted by Gasteiger charge is -2.20. The van der Waals surface area contributed by atoms with Gasteiger partial charge in [0.15, 0.2) is 9.84 Å². The predicted octanol–water partition coefficient (Wildman–Crippen LogP) is 0.0918. The smallest absolute Gasteiger partial charge is 0.284 e. The van der Waals surface area contributed by atoms with Gasteiger partial charge in [-0.15, -0.1) is 0 Å². The average molecular weight is 302 g/mol. The zero-order chi connectivity index (χ0) is 15.6. The first-order valence-corrected chi connectivity index (χ1v) is 7.68. The maximum Gasteiger partial charge on any atom is 0.284 e. The summed E-state index contributed by atoms with van der Waals surface area (Å²) in [5.41, 5.74) is 5.61. The topological polar surface area (TPSA) is 130 Å². The number of amides is 1. The molecule has 0 spiro atoms. The number of nitrogens with one attached hydrogen (secondary N) is 1. The van der Waals surface area contributed by atoms with Crippen molar-refractivity contribution in [1.29, 1.82) is 0 Å². The summed E-state index contributed by atoms with van der Waals surface area (Å²) in [6, 6.07) is 4.12. The second kappa shape index (κ2) is 5.78. The van der Waals surface area contributed by atoms with E-state index in [4.69, 9.17) is 5.73 Å². The molecule has 0 fully saturated rings. The Morgan fingerprint density at radius 2 is 1.95 bits per heavy atom. The normalized spacial score (nSPS) is 12.2. The van der Waals surface area contributed by atoms with Gasteiger partial charge in [-0.25, -0.2) is 8.42 Å². The van der Waals surface area contributed by atoms with E-state index in [1.807, 2.05) is 0 Å². The van der Waals surface area contributed by atoms with Crippen molar-refractivity contribution in [2.45, 2.75) is 31.0 Å². The van der Waals surface area contributed by atoms with Crippen molar-refractivity contribution >= 4 is 27.1 Å². The highest BCUT2D eigenvalue weighted by molar-refractivity contribution is 7.91. The van der Waals surface area contributed by atoms with Crippen LogP contribution >= 0.6 is 0 Å². The molecule has 0 bridgehead atoms. The van der Waals surface area contributed by atoms with Crippen LogP contribution in [0.3, 0.4) is 0 Å². The van der Waals surface area contributed by atoms with E-state index in [0.29, 0.717) is 0 Å². The number of anilines is 2. The SMILES string of the molecule is CCC(O)(O)C(=O)Nc1cccc(S(=O)(=O)CC)c1N. The first-order valence-electron chi connectivity index (χ1n) is 6.03. The fourth-order valence-corrected chi connectivity index (χ4v) is 2.50. The molecule has 112 valence electrons. The molecule has 5 N–H and O–H groups in total. The molecule has 0 radical (unpaired) electrons. The molecular formula is C12H18N2O5S. The molecule has 0 saturated heterocycles. The standard InChI is InChI=1S/C12H18N2O5S/c1-3-12(16,17)11(15)14-8-6-5-7-9(10(8)13)20(18,19)4-2/h5-7,16-17H,3-4,13H2,1-2H3,(H,14,15). The summed E-state index contributed by atoms with van der Waals surface area (Å²) >= 11 is 0. The van der Waals surface area contributed by atoms with Crippen molar-refractivity contribution in [2.24, 2.45) is 0 Å². The maximum absolute atomic E-state index is 11.8. The van der Waals surface area contributed by atoms with Gasteiger partial charge in [-0.2, -0.15) is 0 Å². The summed E-state index contributed by atoms with van der Waals surface area (Å²) < 4.78 is 23.6. The molecular weight excluding hydrogens is 284 g/mol. The van der Waals surface area contributed by atoms with Crippen LogP contribution in [0.15, 0.2) is 23.1 Å². The van der Waals surface area contributed by atoms with Gasteiger partial charge in [-0.3, -0.25) is 4.79 Å². The molecule has 0 aliphatic heterocycles. The van der Waals surface area contributed by atoms with Gasteiger partial charge in [0.05, 0.1) is 22.0 Å². The Kier molecular flexibility index (Phi) is 4.74. The minimum atomic E-state index is -3.53. The predicted molar refractivity (Wildman–Crippen MR) is 74.7 cm³/mol. The highest BCUT2D eigenvalue weighted by atomic mass is 32.2. The lowest BCUT2D eigenvalue weighted by molar-refractivity contribution is -0.180. The number of nitrogens with two attached hydrogens (primary N) is 1. The Balaban J connectivity index is 3.18.